The van der Waals surface area contributed by atoms with E-state index in [1.807, 2.05) is 6.92 Å². The van der Waals surface area contributed by atoms with Crippen LogP contribution < -0.4 is 4.18 Å². The van der Waals surface area contributed by atoms with Crippen LogP contribution >= 0.6 is 31.9 Å². The van der Waals surface area contributed by atoms with Crippen molar-refractivity contribution in [3.8, 4) is 5.75 Å². The van der Waals surface area contributed by atoms with Gasteiger partial charge in [0, 0.05) is 4.47 Å². The molecule has 0 aliphatic heterocycles. The smallest absolute Gasteiger partial charge is 0.339 e. The zero-order chi connectivity index (χ0) is 15.6. The Morgan fingerprint density at radius 2 is 1.71 bits per heavy atom. The fourth-order valence-corrected chi connectivity index (χ4v) is 4.04. The van der Waals surface area contributed by atoms with E-state index in [1.165, 1.54) is 18.2 Å². The van der Waals surface area contributed by atoms with Gasteiger partial charge < -0.3 is 4.18 Å². The molecule has 0 unspecified atom stereocenters. The third-order valence-corrected chi connectivity index (χ3v) is 4.95. The predicted molar refractivity (Wildman–Crippen MR) is 86.2 cm³/mol. The van der Waals surface area contributed by atoms with Crippen LogP contribution in [0.25, 0.3) is 0 Å². The second-order valence-electron chi connectivity index (χ2n) is 4.27. The van der Waals surface area contributed by atoms with Crippen molar-refractivity contribution in [2.24, 2.45) is 0 Å². The third kappa shape index (κ3) is 3.72. The minimum Gasteiger partial charge on any atom is -0.377 e. The fraction of sp³-hybridized carbons (Fsp3) is 0.0714. The van der Waals surface area contributed by atoms with Crippen molar-refractivity contribution in [2.75, 3.05) is 0 Å². The molecule has 0 amide bonds. The maximum absolute atomic E-state index is 12.2. The molecule has 0 atom stereocenters. The Labute approximate surface area is 139 Å². The molecular weight excluding hydrogens is 424 g/mol. The molecule has 0 bridgehead atoms. The second kappa shape index (κ2) is 6.29. The quantitative estimate of drug-likeness (QED) is 0.537. The molecule has 0 spiro atoms. The monoisotopic (exact) mass is 432 g/mol. The molecule has 0 aliphatic carbocycles. The topological polar surface area (TPSA) is 60.4 Å². The molecule has 7 heteroatoms. The molecule has 0 aliphatic rings. The zero-order valence-electron chi connectivity index (χ0n) is 10.8. The standard InChI is InChI=1S/C14H10Br2O4S/c1-9-2-4-12(5-3-9)21(18,19)20-14-10(8-17)6-11(15)7-13(14)16/h2-8H,1H3. The van der Waals surface area contributed by atoms with E-state index in [-0.39, 0.29) is 16.2 Å². The van der Waals surface area contributed by atoms with Crippen LogP contribution in [0.5, 0.6) is 5.75 Å². The molecule has 4 nitrogen and oxygen atoms in total. The molecule has 2 rings (SSSR count). The molecule has 0 saturated carbocycles. The van der Waals surface area contributed by atoms with E-state index in [0.717, 1.165) is 5.56 Å². The van der Waals surface area contributed by atoms with E-state index >= 15 is 0 Å². The van der Waals surface area contributed by atoms with Crippen molar-refractivity contribution in [2.45, 2.75) is 11.8 Å². The summed E-state index contributed by atoms with van der Waals surface area (Å²) in [5, 5.41) is 0. The molecule has 2 aromatic carbocycles. The van der Waals surface area contributed by atoms with E-state index in [9.17, 15) is 13.2 Å². The number of aldehydes is 1. The zero-order valence-corrected chi connectivity index (χ0v) is 14.8. The van der Waals surface area contributed by atoms with Crippen LogP contribution in [0.3, 0.4) is 0 Å². The number of carbonyl (C=O) groups excluding carboxylic acids is 1. The van der Waals surface area contributed by atoms with Gasteiger partial charge in [-0.25, -0.2) is 0 Å². The maximum atomic E-state index is 12.2. The lowest BCUT2D eigenvalue weighted by atomic mass is 10.2. The summed E-state index contributed by atoms with van der Waals surface area (Å²) in [7, 11) is -4.00. The van der Waals surface area contributed by atoms with Gasteiger partial charge in [0.05, 0.1) is 10.0 Å². The molecule has 0 saturated heterocycles. The SMILES string of the molecule is Cc1ccc(S(=O)(=O)Oc2c(Br)cc(Br)cc2C=O)cc1. The lowest BCUT2D eigenvalue weighted by molar-refractivity contribution is 0.112. The first-order chi connectivity index (χ1) is 9.83. The van der Waals surface area contributed by atoms with Crippen molar-refractivity contribution in [1.82, 2.24) is 0 Å². The fourth-order valence-electron chi connectivity index (χ4n) is 1.62. The van der Waals surface area contributed by atoms with Crippen LogP contribution in [0.4, 0.5) is 0 Å². The van der Waals surface area contributed by atoms with Crippen molar-refractivity contribution in [1.29, 1.82) is 0 Å². The van der Waals surface area contributed by atoms with E-state index in [0.29, 0.717) is 15.2 Å². The van der Waals surface area contributed by atoms with Gasteiger partial charge in [0.2, 0.25) is 0 Å². The number of halogens is 2. The summed E-state index contributed by atoms with van der Waals surface area (Å²) >= 11 is 6.42. The number of aryl methyl sites for hydroxylation is 1. The van der Waals surface area contributed by atoms with E-state index < -0.39 is 10.1 Å². The average molecular weight is 434 g/mol. The molecule has 0 radical (unpaired) electrons. The largest absolute Gasteiger partial charge is 0.377 e. The minimum absolute atomic E-state index is 0.0276. The summed E-state index contributed by atoms with van der Waals surface area (Å²) in [5.74, 6) is -0.0335. The minimum atomic E-state index is -4.00. The van der Waals surface area contributed by atoms with Gasteiger partial charge in [0.25, 0.3) is 0 Å². The summed E-state index contributed by atoms with van der Waals surface area (Å²) < 4.78 is 30.6. The Hall–Kier alpha value is -1.18. The highest BCUT2D eigenvalue weighted by molar-refractivity contribution is 9.11. The predicted octanol–water partition coefficient (Wildman–Crippen LogP) is 4.10. The molecule has 0 fully saturated rings. The summed E-state index contributed by atoms with van der Waals surface area (Å²) in [6, 6.07) is 9.35. The second-order valence-corrected chi connectivity index (χ2v) is 7.59. The van der Waals surface area contributed by atoms with Gasteiger partial charge in [-0.15, -0.1) is 0 Å². The van der Waals surface area contributed by atoms with Crippen LogP contribution in [0.2, 0.25) is 0 Å². The summed E-state index contributed by atoms with van der Waals surface area (Å²) in [5.41, 5.74) is 1.07. The van der Waals surface area contributed by atoms with E-state index in [2.05, 4.69) is 31.9 Å². The molecule has 2 aromatic rings. The number of hydrogen-bond donors (Lipinski definition) is 0. The maximum Gasteiger partial charge on any atom is 0.339 e. The van der Waals surface area contributed by atoms with Crippen molar-refractivity contribution in [3.63, 3.8) is 0 Å². The van der Waals surface area contributed by atoms with Crippen LogP contribution in [0.1, 0.15) is 15.9 Å². The number of benzene rings is 2. The molecule has 21 heavy (non-hydrogen) atoms. The van der Waals surface area contributed by atoms with Gasteiger partial charge in [0.1, 0.15) is 4.90 Å². The number of carbonyl (C=O) groups is 1. The van der Waals surface area contributed by atoms with Gasteiger partial charge in [-0.3, -0.25) is 4.79 Å². The Morgan fingerprint density at radius 3 is 2.29 bits per heavy atom. The van der Waals surface area contributed by atoms with E-state index in [4.69, 9.17) is 4.18 Å². The van der Waals surface area contributed by atoms with Gasteiger partial charge in [0.15, 0.2) is 12.0 Å². The molecule has 0 N–H and O–H groups in total. The molecule has 0 aromatic heterocycles. The van der Waals surface area contributed by atoms with Crippen LogP contribution in [-0.4, -0.2) is 14.7 Å². The van der Waals surface area contributed by atoms with Gasteiger partial charge >= 0.3 is 10.1 Å². The van der Waals surface area contributed by atoms with Crippen molar-refractivity contribution >= 4 is 48.3 Å². The summed E-state index contributed by atoms with van der Waals surface area (Å²) in [4.78, 5) is 11.1. The van der Waals surface area contributed by atoms with Gasteiger partial charge in [-0.05, 0) is 47.1 Å². The van der Waals surface area contributed by atoms with Crippen LogP contribution in [0.15, 0.2) is 50.2 Å². The summed E-state index contributed by atoms with van der Waals surface area (Å²) in [6.45, 7) is 1.85. The lowest BCUT2D eigenvalue weighted by Crippen LogP contribution is -2.11. The number of rotatable bonds is 4. The van der Waals surface area contributed by atoms with Crippen molar-refractivity contribution < 1.29 is 17.4 Å². The first-order valence-electron chi connectivity index (χ1n) is 5.79. The average Bonchev–Trinajstić information content (AvgIpc) is 2.42. The Kier molecular flexibility index (Phi) is 4.85. The van der Waals surface area contributed by atoms with Gasteiger partial charge in [-0.1, -0.05) is 33.6 Å². The Morgan fingerprint density at radius 1 is 1.10 bits per heavy atom. The first-order valence-corrected chi connectivity index (χ1v) is 8.78. The molecule has 110 valence electrons. The highest BCUT2D eigenvalue weighted by Gasteiger charge is 2.20. The van der Waals surface area contributed by atoms with E-state index in [1.54, 1.807) is 18.2 Å². The molecule has 0 heterocycles. The number of hydrogen-bond acceptors (Lipinski definition) is 4. The Bertz CT molecular complexity index is 783. The summed E-state index contributed by atoms with van der Waals surface area (Å²) in [6.07, 6.45) is 0.537. The van der Waals surface area contributed by atoms with Crippen LogP contribution in [-0.2, 0) is 10.1 Å². The Balaban J connectivity index is 2.46. The highest BCUT2D eigenvalue weighted by atomic mass is 79.9. The van der Waals surface area contributed by atoms with Crippen LogP contribution in [0, 0.1) is 6.92 Å². The first kappa shape index (κ1) is 16.2. The van der Waals surface area contributed by atoms with Gasteiger partial charge in [-0.2, -0.15) is 8.42 Å². The third-order valence-electron chi connectivity index (χ3n) is 2.67. The lowest BCUT2D eigenvalue weighted by Gasteiger charge is -2.11. The normalized spacial score (nSPS) is 11.2. The molecular formula is C14H10Br2O4S. The van der Waals surface area contributed by atoms with Crippen molar-refractivity contribution in [3.05, 3.63) is 56.5 Å². The highest BCUT2D eigenvalue weighted by Crippen LogP contribution is 2.34.